The lowest BCUT2D eigenvalue weighted by Gasteiger charge is -2.33. The molecule has 1 amide bonds. The molecule has 1 aliphatic heterocycles. The SMILES string of the molecule is Cc1cc(Br)ccc1NC(=O)[C@H]1CCCN(c2nccnc2Oc2ccccc2)C1. The van der Waals surface area contributed by atoms with E-state index in [1.165, 1.54) is 0 Å². The summed E-state index contributed by atoms with van der Waals surface area (Å²) in [6, 6.07) is 15.4. The molecule has 1 aliphatic rings. The van der Waals surface area contributed by atoms with E-state index in [-0.39, 0.29) is 11.8 Å². The number of hydrogen-bond donors (Lipinski definition) is 1. The Morgan fingerprint density at radius 2 is 1.97 bits per heavy atom. The van der Waals surface area contributed by atoms with Gasteiger partial charge in [-0.1, -0.05) is 34.1 Å². The number of aromatic nitrogens is 2. The van der Waals surface area contributed by atoms with Gasteiger partial charge in [0.15, 0.2) is 5.82 Å². The predicted octanol–water partition coefficient (Wildman–Crippen LogP) is 5.19. The van der Waals surface area contributed by atoms with Crippen molar-refractivity contribution in [2.24, 2.45) is 5.92 Å². The number of carbonyl (C=O) groups is 1. The van der Waals surface area contributed by atoms with Crippen molar-refractivity contribution in [2.75, 3.05) is 23.3 Å². The summed E-state index contributed by atoms with van der Waals surface area (Å²) in [6.45, 7) is 3.37. The summed E-state index contributed by atoms with van der Waals surface area (Å²) in [5.74, 6) is 1.72. The van der Waals surface area contributed by atoms with Crippen LogP contribution in [0, 0.1) is 12.8 Å². The first kappa shape index (κ1) is 20.3. The Morgan fingerprint density at radius 3 is 2.77 bits per heavy atom. The topological polar surface area (TPSA) is 67.4 Å². The van der Waals surface area contributed by atoms with Gasteiger partial charge in [0, 0.05) is 35.6 Å². The van der Waals surface area contributed by atoms with E-state index in [1.54, 1.807) is 12.4 Å². The quantitative estimate of drug-likeness (QED) is 0.559. The fourth-order valence-electron chi connectivity index (χ4n) is 3.59. The fourth-order valence-corrected chi connectivity index (χ4v) is 4.07. The Hall–Kier alpha value is -2.93. The first-order chi connectivity index (χ1) is 14.6. The van der Waals surface area contributed by atoms with Crippen LogP contribution in [-0.2, 0) is 4.79 Å². The second-order valence-corrected chi connectivity index (χ2v) is 8.25. The number of anilines is 2. The number of nitrogens with one attached hydrogen (secondary N) is 1. The van der Waals surface area contributed by atoms with Crippen LogP contribution >= 0.6 is 15.9 Å². The third-order valence-electron chi connectivity index (χ3n) is 5.14. The van der Waals surface area contributed by atoms with Crippen LogP contribution in [0.5, 0.6) is 11.6 Å². The van der Waals surface area contributed by atoms with E-state index >= 15 is 0 Å². The molecule has 7 heteroatoms. The third-order valence-corrected chi connectivity index (χ3v) is 5.64. The van der Waals surface area contributed by atoms with E-state index in [2.05, 4.69) is 36.1 Å². The van der Waals surface area contributed by atoms with Gasteiger partial charge in [-0.05, 0) is 55.7 Å². The van der Waals surface area contributed by atoms with Gasteiger partial charge in [-0.2, -0.15) is 0 Å². The predicted molar refractivity (Wildman–Crippen MR) is 121 cm³/mol. The number of hydrogen-bond acceptors (Lipinski definition) is 5. The van der Waals surface area contributed by atoms with Crippen molar-refractivity contribution < 1.29 is 9.53 Å². The minimum atomic E-state index is -0.131. The maximum absolute atomic E-state index is 12.9. The summed E-state index contributed by atoms with van der Waals surface area (Å²) in [5, 5.41) is 3.08. The molecule has 1 saturated heterocycles. The molecular weight excluding hydrogens is 444 g/mol. The molecule has 0 aliphatic carbocycles. The molecule has 0 unspecified atom stereocenters. The monoisotopic (exact) mass is 466 g/mol. The largest absolute Gasteiger partial charge is 0.436 e. The number of carbonyl (C=O) groups excluding carboxylic acids is 1. The summed E-state index contributed by atoms with van der Waals surface area (Å²) < 4.78 is 6.96. The third kappa shape index (κ3) is 4.79. The molecule has 2 heterocycles. The fraction of sp³-hybridized carbons (Fsp3) is 0.261. The molecule has 1 fully saturated rings. The van der Waals surface area contributed by atoms with Gasteiger partial charge in [0.05, 0.1) is 5.92 Å². The normalized spacial score (nSPS) is 16.2. The molecule has 1 N–H and O–H groups in total. The van der Waals surface area contributed by atoms with Crippen LogP contribution in [0.3, 0.4) is 0 Å². The maximum atomic E-state index is 12.9. The second-order valence-electron chi connectivity index (χ2n) is 7.33. The highest BCUT2D eigenvalue weighted by molar-refractivity contribution is 9.10. The molecule has 1 atom stereocenters. The van der Waals surface area contributed by atoms with Crippen molar-refractivity contribution in [3.05, 3.63) is 71.0 Å². The van der Waals surface area contributed by atoms with Crippen LogP contribution in [0.25, 0.3) is 0 Å². The molecule has 6 nitrogen and oxygen atoms in total. The molecule has 1 aromatic heterocycles. The molecule has 0 bridgehead atoms. The Balaban J connectivity index is 1.48. The lowest BCUT2D eigenvalue weighted by Crippen LogP contribution is -2.41. The highest BCUT2D eigenvalue weighted by atomic mass is 79.9. The molecule has 2 aromatic carbocycles. The van der Waals surface area contributed by atoms with Crippen LogP contribution in [0.4, 0.5) is 11.5 Å². The number of para-hydroxylation sites is 1. The molecule has 0 radical (unpaired) electrons. The van der Waals surface area contributed by atoms with Gasteiger partial charge in [0.1, 0.15) is 5.75 Å². The van der Waals surface area contributed by atoms with Crippen molar-refractivity contribution in [1.82, 2.24) is 9.97 Å². The first-order valence-electron chi connectivity index (χ1n) is 9.96. The Labute approximate surface area is 184 Å². The lowest BCUT2D eigenvalue weighted by molar-refractivity contribution is -0.120. The van der Waals surface area contributed by atoms with Crippen molar-refractivity contribution >= 4 is 33.3 Å². The lowest BCUT2D eigenvalue weighted by atomic mass is 9.97. The average molecular weight is 467 g/mol. The van der Waals surface area contributed by atoms with Gasteiger partial charge < -0.3 is 15.0 Å². The summed E-state index contributed by atoms with van der Waals surface area (Å²) in [7, 11) is 0. The van der Waals surface area contributed by atoms with E-state index in [0.29, 0.717) is 24.0 Å². The van der Waals surface area contributed by atoms with Gasteiger partial charge >= 0.3 is 0 Å². The van der Waals surface area contributed by atoms with Crippen LogP contribution in [0.15, 0.2) is 65.4 Å². The molecular formula is C23H23BrN4O2. The van der Waals surface area contributed by atoms with E-state index in [1.807, 2.05) is 55.5 Å². The standard InChI is InChI=1S/C23H23BrN4O2/c1-16-14-18(24)9-10-20(16)27-22(29)17-6-5-13-28(15-17)21-23(26-12-11-25-21)30-19-7-3-2-4-8-19/h2-4,7-12,14,17H,5-6,13,15H2,1H3,(H,27,29)/t17-/m0/s1. The molecule has 0 spiro atoms. The molecule has 0 saturated carbocycles. The van der Waals surface area contributed by atoms with Gasteiger partial charge in [-0.15, -0.1) is 0 Å². The molecule has 4 rings (SSSR count). The zero-order chi connectivity index (χ0) is 20.9. The summed E-state index contributed by atoms with van der Waals surface area (Å²) in [5.41, 5.74) is 1.87. The van der Waals surface area contributed by atoms with Crippen LogP contribution in [0.1, 0.15) is 18.4 Å². The van der Waals surface area contributed by atoms with Crippen molar-refractivity contribution in [2.45, 2.75) is 19.8 Å². The Morgan fingerprint density at radius 1 is 1.17 bits per heavy atom. The number of piperidine rings is 1. The smallest absolute Gasteiger partial charge is 0.263 e. The first-order valence-corrected chi connectivity index (χ1v) is 10.8. The van der Waals surface area contributed by atoms with Gasteiger partial charge in [-0.25, -0.2) is 9.97 Å². The number of rotatable bonds is 5. The number of nitrogens with zero attached hydrogens (tertiary/aromatic N) is 3. The minimum Gasteiger partial charge on any atom is -0.436 e. The highest BCUT2D eigenvalue weighted by Gasteiger charge is 2.28. The maximum Gasteiger partial charge on any atom is 0.263 e. The van der Waals surface area contributed by atoms with Gasteiger partial charge in [-0.3, -0.25) is 4.79 Å². The van der Waals surface area contributed by atoms with E-state index in [0.717, 1.165) is 35.1 Å². The summed E-state index contributed by atoms with van der Waals surface area (Å²) in [4.78, 5) is 23.9. The Bertz CT molecular complexity index is 1030. The van der Waals surface area contributed by atoms with Crippen LogP contribution < -0.4 is 15.0 Å². The Kier molecular flexibility index (Phi) is 6.28. The van der Waals surface area contributed by atoms with Crippen molar-refractivity contribution in [3.8, 4) is 11.6 Å². The molecule has 154 valence electrons. The van der Waals surface area contributed by atoms with Gasteiger partial charge in [0.25, 0.3) is 5.88 Å². The van der Waals surface area contributed by atoms with Crippen LogP contribution in [-0.4, -0.2) is 29.0 Å². The van der Waals surface area contributed by atoms with Crippen molar-refractivity contribution in [3.63, 3.8) is 0 Å². The molecule has 30 heavy (non-hydrogen) atoms. The highest BCUT2D eigenvalue weighted by Crippen LogP contribution is 2.31. The number of benzene rings is 2. The number of halogens is 1. The number of aryl methyl sites for hydroxylation is 1. The van der Waals surface area contributed by atoms with Crippen LogP contribution in [0.2, 0.25) is 0 Å². The zero-order valence-electron chi connectivity index (χ0n) is 16.7. The second kappa shape index (κ2) is 9.26. The average Bonchev–Trinajstić information content (AvgIpc) is 2.77. The zero-order valence-corrected chi connectivity index (χ0v) is 18.3. The van der Waals surface area contributed by atoms with Gasteiger partial charge in [0.2, 0.25) is 5.91 Å². The number of ether oxygens (including phenoxy) is 1. The number of amides is 1. The minimum absolute atomic E-state index is 0.0274. The van der Waals surface area contributed by atoms with E-state index in [9.17, 15) is 4.79 Å². The van der Waals surface area contributed by atoms with E-state index < -0.39 is 0 Å². The summed E-state index contributed by atoms with van der Waals surface area (Å²) in [6.07, 6.45) is 5.01. The summed E-state index contributed by atoms with van der Waals surface area (Å²) >= 11 is 3.46. The van der Waals surface area contributed by atoms with E-state index in [4.69, 9.17) is 4.74 Å². The van der Waals surface area contributed by atoms with Crippen molar-refractivity contribution in [1.29, 1.82) is 0 Å². The molecule has 3 aromatic rings.